The van der Waals surface area contributed by atoms with Gasteiger partial charge in [0.25, 0.3) is 0 Å². The zero-order chi connectivity index (χ0) is 18.0. The maximum atomic E-state index is 13.6. The van der Waals surface area contributed by atoms with E-state index in [1.165, 1.54) is 0 Å². The summed E-state index contributed by atoms with van der Waals surface area (Å²) in [6.45, 7) is 2.52. The number of carbonyl (C=O) groups excluding carboxylic acids is 2. The van der Waals surface area contributed by atoms with Crippen LogP contribution >= 0.6 is 0 Å². The largest absolute Gasteiger partial charge is 0.381 e. The molecule has 1 atom stereocenters. The van der Waals surface area contributed by atoms with Crippen LogP contribution in [-0.4, -0.2) is 49.1 Å². The highest BCUT2D eigenvalue weighted by Gasteiger charge is 2.45. The summed E-state index contributed by atoms with van der Waals surface area (Å²) in [6, 6.07) is 10.5. The van der Waals surface area contributed by atoms with E-state index < -0.39 is 5.41 Å². The molecule has 1 aliphatic carbocycles. The Labute approximate surface area is 155 Å². The number of hydrogen-bond acceptors (Lipinski definition) is 3. The normalized spacial score (nSPS) is 25.5. The van der Waals surface area contributed by atoms with Gasteiger partial charge in [-0.15, -0.1) is 0 Å². The van der Waals surface area contributed by atoms with Crippen molar-refractivity contribution in [2.75, 3.05) is 26.3 Å². The zero-order valence-electron chi connectivity index (χ0n) is 15.3. The lowest BCUT2D eigenvalue weighted by atomic mass is 9.72. The Morgan fingerprint density at radius 1 is 1.08 bits per heavy atom. The Kier molecular flexibility index (Phi) is 4.98. The quantitative estimate of drug-likeness (QED) is 0.900. The number of rotatable bonds is 4. The molecule has 2 aliphatic heterocycles. The van der Waals surface area contributed by atoms with Crippen molar-refractivity contribution in [3.8, 4) is 0 Å². The van der Waals surface area contributed by atoms with Gasteiger partial charge in [0, 0.05) is 32.3 Å². The van der Waals surface area contributed by atoms with Crippen LogP contribution in [0.25, 0.3) is 0 Å². The van der Waals surface area contributed by atoms with Crippen molar-refractivity contribution in [1.82, 2.24) is 10.2 Å². The molecule has 3 aliphatic rings. The SMILES string of the molecule is O=C(NC1CC1)[C@@H]1CCCN(C(=O)C2(c3ccccc3)CCOCC2)C1. The predicted molar refractivity (Wildman–Crippen MR) is 98.6 cm³/mol. The number of likely N-dealkylation sites (tertiary alicyclic amines) is 1. The molecule has 1 aromatic carbocycles. The van der Waals surface area contributed by atoms with Gasteiger partial charge in [0.1, 0.15) is 0 Å². The van der Waals surface area contributed by atoms with E-state index in [9.17, 15) is 9.59 Å². The summed E-state index contributed by atoms with van der Waals surface area (Å²) in [5.74, 6) is 0.239. The van der Waals surface area contributed by atoms with Crippen molar-refractivity contribution >= 4 is 11.8 Å². The molecule has 1 saturated carbocycles. The molecule has 140 valence electrons. The van der Waals surface area contributed by atoms with Crippen LogP contribution in [0.15, 0.2) is 30.3 Å². The molecule has 0 spiro atoms. The predicted octanol–water partition coefficient (Wildman–Crippen LogP) is 2.25. The summed E-state index contributed by atoms with van der Waals surface area (Å²) >= 11 is 0. The van der Waals surface area contributed by atoms with E-state index >= 15 is 0 Å². The number of ether oxygens (including phenoxy) is 1. The number of carbonyl (C=O) groups is 2. The first-order valence-corrected chi connectivity index (χ1v) is 9.92. The first-order chi connectivity index (χ1) is 12.7. The van der Waals surface area contributed by atoms with Gasteiger partial charge in [-0.1, -0.05) is 30.3 Å². The Bertz CT molecular complexity index is 650. The number of amides is 2. The Morgan fingerprint density at radius 2 is 1.81 bits per heavy atom. The lowest BCUT2D eigenvalue weighted by molar-refractivity contribution is -0.144. The van der Waals surface area contributed by atoms with E-state index in [1.807, 2.05) is 23.1 Å². The lowest BCUT2D eigenvalue weighted by Crippen LogP contribution is -2.54. The zero-order valence-corrected chi connectivity index (χ0v) is 15.3. The van der Waals surface area contributed by atoms with Crippen molar-refractivity contribution in [1.29, 1.82) is 0 Å². The minimum Gasteiger partial charge on any atom is -0.381 e. The molecule has 0 bridgehead atoms. The summed E-state index contributed by atoms with van der Waals surface area (Å²) in [4.78, 5) is 28.0. The fraction of sp³-hybridized carbons (Fsp3) is 0.619. The average molecular weight is 356 g/mol. The molecule has 2 heterocycles. The van der Waals surface area contributed by atoms with E-state index in [4.69, 9.17) is 4.74 Å². The van der Waals surface area contributed by atoms with Gasteiger partial charge in [-0.25, -0.2) is 0 Å². The standard InChI is InChI=1S/C21H28N2O3/c24-19(22-18-8-9-18)16-5-4-12-23(15-16)20(25)21(10-13-26-14-11-21)17-6-2-1-3-7-17/h1-3,6-7,16,18H,4-5,8-15H2,(H,22,24)/t16-/m1/s1. The Balaban J connectivity index is 1.52. The third-order valence-corrected chi connectivity index (χ3v) is 6.09. The second kappa shape index (κ2) is 7.39. The third kappa shape index (κ3) is 3.50. The Hall–Kier alpha value is -1.88. The van der Waals surface area contributed by atoms with E-state index in [0.717, 1.165) is 37.8 Å². The van der Waals surface area contributed by atoms with Crippen molar-refractivity contribution < 1.29 is 14.3 Å². The summed E-state index contributed by atoms with van der Waals surface area (Å²) in [5, 5.41) is 3.11. The molecule has 5 heteroatoms. The van der Waals surface area contributed by atoms with Crippen LogP contribution < -0.4 is 5.32 Å². The average Bonchev–Trinajstić information content (AvgIpc) is 3.52. The number of nitrogens with one attached hydrogen (secondary N) is 1. The van der Waals surface area contributed by atoms with Crippen molar-refractivity contribution in [3.63, 3.8) is 0 Å². The fourth-order valence-electron chi connectivity index (χ4n) is 4.33. The first-order valence-electron chi connectivity index (χ1n) is 9.92. The minimum absolute atomic E-state index is 0.0686. The highest BCUT2D eigenvalue weighted by molar-refractivity contribution is 5.89. The molecule has 0 unspecified atom stereocenters. The van der Waals surface area contributed by atoms with Crippen LogP contribution in [0.5, 0.6) is 0 Å². The lowest BCUT2D eigenvalue weighted by Gasteiger charge is -2.42. The van der Waals surface area contributed by atoms with Crippen molar-refractivity contribution in [2.24, 2.45) is 5.92 Å². The molecule has 2 amide bonds. The number of nitrogens with zero attached hydrogens (tertiary/aromatic N) is 1. The fourth-order valence-corrected chi connectivity index (χ4v) is 4.33. The van der Waals surface area contributed by atoms with Crippen LogP contribution in [0, 0.1) is 5.92 Å². The van der Waals surface area contributed by atoms with Gasteiger partial charge in [0.2, 0.25) is 11.8 Å². The maximum Gasteiger partial charge on any atom is 0.233 e. The second-order valence-electron chi connectivity index (χ2n) is 7.93. The molecular formula is C21H28N2O3. The highest BCUT2D eigenvalue weighted by atomic mass is 16.5. The van der Waals surface area contributed by atoms with Crippen LogP contribution in [0.1, 0.15) is 44.1 Å². The van der Waals surface area contributed by atoms with Gasteiger partial charge < -0.3 is 15.0 Å². The molecule has 2 saturated heterocycles. The molecular weight excluding hydrogens is 328 g/mol. The van der Waals surface area contributed by atoms with E-state index in [-0.39, 0.29) is 17.7 Å². The maximum absolute atomic E-state index is 13.6. The second-order valence-corrected chi connectivity index (χ2v) is 7.93. The third-order valence-electron chi connectivity index (χ3n) is 6.09. The molecule has 3 fully saturated rings. The van der Waals surface area contributed by atoms with E-state index in [2.05, 4.69) is 17.4 Å². The van der Waals surface area contributed by atoms with Gasteiger partial charge in [-0.2, -0.15) is 0 Å². The molecule has 26 heavy (non-hydrogen) atoms. The highest BCUT2D eigenvalue weighted by Crippen LogP contribution is 2.37. The van der Waals surface area contributed by atoms with Crippen molar-refractivity contribution in [2.45, 2.75) is 50.0 Å². The molecule has 1 aromatic rings. The number of piperidine rings is 1. The Morgan fingerprint density at radius 3 is 2.50 bits per heavy atom. The number of benzene rings is 1. The number of hydrogen-bond donors (Lipinski definition) is 1. The summed E-state index contributed by atoms with van der Waals surface area (Å²) in [6.07, 6.45) is 5.40. The first kappa shape index (κ1) is 17.5. The van der Waals surface area contributed by atoms with Crippen LogP contribution in [0.2, 0.25) is 0 Å². The molecule has 0 radical (unpaired) electrons. The van der Waals surface area contributed by atoms with Crippen LogP contribution in [0.3, 0.4) is 0 Å². The van der Waals surface area contributed by atoms with Gasteiger partial charge in [-0.3, -0.25) is 9.59 Å². The van der Waals surface area contributed by atoms with Gasteiger partial charge in [0.15, 0.2) is 0 Å². The minimum atomic E-state index is -0.506. The summed E-state index contributed by atoms with van der Waals surface area (Å²) in [5.41, 5.74) is 0.576. The molecule has 0 aromatic heterocycles. The van der Waals surface area contributed by atoms with Crippen molar-refractivity contribution in [3.05, 3.63) is 35.9 Å². The monoisotopic (exact) mass is 356 g/mol. The molecule has 1 N–H and O–H groups in total. The summed E-state index contributed by atoms with van der Waals surface area (Å²) < 4.78 is 5.56. The van der Waals surface area contributed by atoms with Gasteiger partial charge in [-0.05, 0) is 44.1 Å². The van der Waals surface area contributed by atoms with Crippen LogP contribution in [-0.2, 0) is 19.7 Å². The summed E-state index contributed by atoms with van der Waals surface area (Å²) in [7, 11) is 0. The van der Waals surface area contributed by atoms with Crippen LogP contribution in [0.4, 0.5) is 0 Å². The van der Waals surface area contributed by atoms with E-state index in [1.54, 1.807) is 0 Å². The van der Waals surface area contributed by atoms with Gasteiger partial charge >= 0.3 is 0 Å². The smallest absolute Gasteiger partial charge is 0.233 e. The molecule has 4 rings (SSSR count). The molecule has 5 nitrogen and oxygen atoms in total. The van der Waals surface area contributed by atoms with E-state index in [0.29, 0.717) is 38.6 Å². The topological polar surface area (TPSA) is 58.6 Å². The van der Waals surface area contributed by atoms with Gasteiger partial charge in [0.05, 0.1) is 11.3 Å².